The van der Waals surface area contributed by atoms with E-state index in [9.17, 15) is 0 Å². The number of hydrogen-bond acceptors (Lipinski definition) is 4. The Morgan fingerprint density at radius 3 is 1.17 bits per heavy atom. The molecule has 4 heteroatoms. The van der Waals surface area contributed by atoms with E-state index in [2.05, 4.69) is 4.74 Å². The van der Waals surface area contributed by atoms with Crippen LogP contribution in [0, 0.1) is 5.92 Å². The topological polar surface area (TPSA) is 46.8 Å². The molecule has 3 unspecified atom stereocenters. The fourth-order valence-electron chi connectivity index (χ4n) is 2.15. The quantitative estimate of drug-likeness (QED) is 0.615. The van der Waals surface area contributed by atoms with Crippen LogP contribution >= 0.6 is 0 Å². The van der Waals surface area contributed by atoms with Crippen LogP contribution < -0.4 is 0 Å². The third-order valence-corrected chi connectivity index (χ3v) is 4.45. The number of rotatable bonds is 0. The van der Waals surface area contributed by atoms with Gasteiger partial charge in [0.25, 0.3) is 0 Å². The summed E-state index contributed by atoms with van der Waals surface area (Å²) >= 11 is 0. The van der Waals surface area contributed by atoms with Crippen LogP contribution in [-0.4, -0.2) is 50.3 Å². The van der Waals surface area contributed by atoms with Crippen molar-refractivity contribution in [1.82, 2.24) is 0 Å². The number of fused-ring (bicyclic) bond motifs is 3. The smallest absolute Gasteiger partial charge is 0.0868 e. The van der Waals surface area contributed by atoms with Gasteiger partial charge >= 0.3 is 0 Å². The average molecular weight is 254 g/mol. The summed E-state index contributed by atoms with van der Waals surface area (Å²) in [6, 6.07) is 0. The highest BCUT2D eigenvalue weighted by atomic mass is 16.6. The van der Waals surface area contributed by atoms with Gasteiger partial charge in [-0.25, -0.2) is 0 Å². The minimum Gasteiger partial charge on any atom is -0.377 e. The number of ether oxygens (including phenoxy) is 4. The Bertz CT molecular complexity index is 261. The van der Waals surface area contributed by atoms with Gasteiger partial charge in [-0.2, -0.15) is 0 Å². The Hall–Kier alpha value is -0.160. The fourth-order valence-corrected chi connectivity index (χ4v) is 2.15. The van der Waals surface area contributed by atoms with E-state index in [1.165, 1.54) is 32.1 Å². The Morgan fingerprint density at radius 1 is 0.667 bits per heavy atom. The molecule has 4 heterocycles. The zero-order valence-electron chi connectivity index (χ0n) is 10.8. The summed E-state index contributed by atoms with van der Waals surface area (Å²) in [5.41, 5.74) is 0. The van der Waals surface area contributed by atoms with Crippen molar-refractivity contribution in [2.75, 3.05) is 19.8 Å². The predicted octanol–water partition coefficient (Wildman–Crippen LogP) is 1.52. The van der Waals surface area contributed by atoms with Gasteiger partial charge in [-0.3, -0.25) is 0 Å². The summed E-state index contributed by atoms with van der Waals surface area (Å²) in [7, 11) is 0. The third-order valence-electron chi connectivity index (χ3n) is 4.45. The van der Waals surface area contributed by atoms with Crippen LogP contribution in [0.15, 0.2) is 0 Å². The van der Waals surface area contributed by atoms with E-state index in [1.54, 1.807) is 0 Å². The first kappa shape index (κ1) is 11.6. The lowest BCUT2D eigenvalue weighted by atomic mass is 9.78. The van der Waals surface area contributed by atoms with Gasteiger partial charge < -0.3 is 18.9 Å². The van der Waals surface area contributed by atoms with E-state index in [-0.39, 0.29) is 0 Å². The van der Waals surface area contributed by atoms with Crippen molar-refractivity contribution >= 4 is 0 Å². The van der Waals surface area contributed by atoms with Gasteiger partial charge in [0.15, 0.2) is 0 Å². The Kier molecular flexibility index (Phi) is 3.07. The van der Waals surface area contributed by atoms with Crippen molar-refractivity contribution in [2.45, 2.75) is 62.6 Å². The molecule has 4 aliphatic heterocycles. The number of epoxide rings is 3. The molecule has 7 aliphatic rings. The molecule has 3 saturated carbocycles. The van der Waals surface area contributed by atoms with Crippen LogP contribution in [0.3, 0.4) is 0 Å². The van der Waals surface area contributed by atoms with Crippen molar-refractivity contribution in [3.63, 3.8) is 0 Å². The zero-order valence-corrected chi connectivity index (χ0v) is 10.8. The molecular formula is C14H22O4. The maximum absolute atomic E-state index is 5.13. The minimum atomic E-state index is 0.713. The van der Waals surface area contributed by atoms with Crippen molar-refractivity contribution in [1.29, 1.82) is 0 Å². The average Bonchev–Trinajstić information content (AvgIpc) is 3.14. The van der Waals surface area contributed by atoms with Gasteiger partial charge in [-0.1, -0.05) is 0 Å². The van der Waals surface area contributed by atoms with E-state index >= 15 is 0 Å². The number of hydrogen-bond donors (Lipinski definition) is 0. The van der Waals surface area contributed by atoms with Crippen molar-refractivity contribution < 1.29 is 18.9 Å². The first-order valence-electron chi connectivity index (χ1n) is 7.40. The molecule has 18 heavy (non-hydrogen) atoms. The highest BCUT2D eigenvalue weighted by molar-refractivity contribution is 5.03. The molecule has 102 valence electrons. The molecule has 0 aromatic rings. The van der Waals surface area contributed by atoms with Gasteiger partial charge in [0.1, 0.15) is 0 Å². The summed E-state index contributed by atoms with van der Waals surface area (Å²) in [5.74, 6) is 0.991. The first-order valence-corrected chi connectivity index (χ1v) is 7.40. The van der Waals surface area contributed by atoms with Crippen LogP contribution in [0.25, 0.3) is 0 Å². The second-order valence-corrected chi connectivity index (χ2v) is 6.06. The summed E-state index contributed by atoms with van der Waals surface area (Å²) in [6.07, 6.45) is 10.5. The molecule has 0 aromatic heterocycles. The van der Waals surface area contributed by atoms with Gasteiger partial charge in [0.05, 0.1) is 50.3 Å². The Labute approximate surface area is 108 Å². The monoisotopic (exact) mass is 254 g/mol. The molecule has 0 amide bonds. The summed E-state index contributed by atoms with van der Waals surface area (Å²) in [5, 5.41) is 0. The molecule has 0 spiro atoms. The predicted molar refractivity (Wildman–Crippen MR) is 64.5 cm³/mol. The van der Waals surface area contributed by atoms with Crippen molar-refractivity contribution in [3.8, 4) is 0 Å². The first-order chi connectivity index (χ1) is 8.90. The Morgan fingerprint density at radius 2 is 1.17 bits per heavy atom. The van der Waals surface area contributed by atoms with Gasteiger partial charge in [0.2, 0.25) is 0 Å². The van der Waals surface area contributed by atoms with E-state index in [1.807, 2.05) is 0 Å². The van der Waals surface area contributed by atoms with Gasteiger partial charge in [0, 0.05) is 12.3 Å². The van der Waals surface area contributed by atoms with Crippen molar-refractivity contribution in [2.24, 2.45) is 5.92 Å². The van der Waals surface area contributed by atoms with Crippen LogP contribution in [0.2, 0.25) is 0 Å². The van der Waals surface area contributed by atoms with Gasteiger partial charge in [-0.15, -0.1) is 0 Å². The molecule has 6 atom stereocenters. The standard InChI is InChI=1S/C5H8O.C4H6O.C3H4O.C2H4O/c1-2-5-4(1)3-6-5;1-2-4-3(1)5-4;1-2-3(1)4-2;1-2-3-1/h4-5H,1-3H2;3-4H,1-2H2;2-3H,1H2;1-2H2/t4-,5?;3-,4?;2-,3?;/m011./s1. The normalized spacial score (nSPS) is 52.0. The van der Waals surface area contributed by atoms with Gasteiger partial charge in [-0.05, 0) is 25.7 Å². The molecule has 0 bridgehead atoms. The largest absolute Gasteiger partial charge is 0.377 e. The molecule has 3 aliphatic carbocycles. The minimum absolute atomic E-state index is 0.713. The SMILES string of the molecule is C1C2O[C@H]12.C1CO1.C1C[C@H]2COC12.C1C[C@H]2OC12. The highest BCUT2D eigenvalue weighted by Gasteiger charge is 2.56. The van der Waals surface area contributed by atoms with E-state index in [4.69, 9.17) is 14.2 Å². The molecule has 7 fully saturated rings. The second kappa shape index (κ2) is 4.75. The van der Waals surface area contributed by atoms with Crippen LogP contribution in [-0.2, 0) is 18.9 Å². The van der Waals surface area contributed by atoms with Crippen LogP contribution in [0.4, 0.5) is 0 Å². The molecule has 7 rings (SSSR count). The molecule has 0 N–H and O–H groups in total. The highest BCUT2D eigenvalue weighted by Crippen LogP contribution is 2.45. The summed E-state index contributed by atoms with van der Waals surface area (Å²) < 4.78 is 19.5. The summed E-state index contributed by atoms with van der Waals surface area (Å²) in [6.45, 7) is 3.06. The molecular weight excluding hydrogens is 232 g/mol. The lowest BCUT2D eigenvalue weighted by molar-refractivity contribution is -0.173. The van der Waals surface area contributed by atoms with Crippen molar-refractivity contribution in [3.05, 3.63) is 0 Å². The second-order valence-electron chi connectivity index (χ2n) is 6.06. The third kappa shape index (κ3) is 3.05. The lowest BCUT2D eigenvalue weighted by Gasteiger charge is -2.45. The zero-order chi connectivity index (χ0) is 11.9. The Balaban J connectivity index is 0.0000000673. The lowest BCUT2D eigenvalue weighted by Crippen LogP contribution is -2.47. The van der Waals surface area contributed by atoms with E-state index in [0.29, 0.717) is 6.10 Å². The fraction of sp³-hybridized carbons (Fsp3) is 1.00. The summed E-state index contributed by atoms with van der Waals surface area (Å²) in [4.78, 5) is 0. The van der Waals surface area contributed by atoms with E-state index in [0.717, 1.165) is 50.2 Å². The maximum atomic E-state index is 5.13. The molecule has 0 radical (unpaired) electrons. The molecule has 0 aromatic carbocycles. The van der Waals surface area contributed by atoms with Crippen LogP contribution in [0.1, 0.15) is 32.1 Å². The maximum Gasteiger partial charge on any atom is 0.0868 e. The van der Waals surface area contributed by atoms with E-state index < -0.39 is 0 Å². The van der Waals surface area contributed by atoms with Crippen LogP contribution in [0.5, 0.6) is 0 Å². The molecule has 4 nitrogen and oxygen atoms in total. The molecule has 4 saturated heterocycles.